The van der Waals surface area contributed by atoms with Crippen molar-refractivity contribution in [2.45, 2.75) is 25.1 Å². The lowest BCUT2D eigenvalue weighted by Crippen LogP contribution is -2.55. The van der Waals surface area contributed by atoms with Crippen molar-refractivity contribution in [2.24, 2.45) is 0 Å². The van der Waals surface area contributed by atoms with Gasteiger partial charge in [-0.2, -0.15) is 0 Å². The highest BCUT2D eigenvalue weighted by atomic mass is 32.1. The number of hydrogen-bond donors (Lipinski definition) is 3. The van der Waals surface area contributed by atoms with Gasteiger partial charge in [-0.1, -0.05) is 18.2 Å². The Balaban J connectivity index is 1.71. The van der Waals surface area contributed by atoms with Crippen LogP contribution >= 0.6 is 11.3 Å². The third kappa shape index (κ3) is 3.87. The first kappa shape index (κ1) is 17.5. The molecular formula is C17H18N2O5S. The molecule has 2 aromatic rings. The number of ether oxygens (including phenoxy) is 1. The molecule has 3 rings (SSSR count). The van der Waals surface area contributed by atoms with Crippen LogP contribution in [0, 0.1) is 0 Å². The summed E-state index contributed by atoms with van der Waals surface area (Å²) in [6.45, 7) is 1.46. The molecule has 1 aliphatic heterocycles. The van der Waals surface area contributed by atoms with Crippen molar-refractivity contribution in [1.82, 2.24) is 10.6 Å². The third-order valence-corrected chi connectivity index (χ3v) is 5.05. The molecule has 3 N–H and O–H groups in total. The molecule has 1 saturated heterocycles. The molecule has 2 amide bonds. The molecule has 1 aromatic carbocycles. The van der Waals surface area contributed by atoms with Gasteiger partial charge in [-0.3, -0.25) is 14.4 Å². The zero-order valence-corrected chi connectivity index (χ0v) is 14.3. The molecule has 25 heavy (non-hydrogen) atoms. The lowest BCUT2D eigenvalue weighted by atomic mass is 10.1. The minimum atomic E-state index is -1.16. The van der Waals surface area contributed by atoms with Crippen LogP contribution < -0.4 is 10.6 Å². The van der Waals surface area contributed by atoms with E-state index in [1.807, 2.05) is 24.3 Å². The molecule has 1 aromatic heterocycles. The summed E-state index contributed by atoms with van der Waals surface area (Å²) in [7, 11) is 0. The Kier molecular flexibility index (Phi) is 5.12. The van der Waals surface area contributed by atoms with Crippen molar-refractivity contribution in [1.29, 1.82) is 0 Å². The van der Waals surface area contributed by atoms with E-state index in [2.05, 4.69) is 10.6 Å². The van der Waals surface area contributed by atoms with E-state index in [9.17, 15) is 19.5 Å². The van der Waals surface area contributed by atoms with E-state index in [4.69, 9.17) is 4.74 Å². The van der Waals surface area contributed by atoms with E-state index in [-0.39, 0.29) is 19.0 Å². The fourth-order valence-electron chi connectivity index (χ4n) is 2.57. The van der Waals surface area contributed by atoms with E-state index in [1.165, 1.54) is 18.3 Å². The number of Topliss-reactive ketones (excluding diaryl/α,β-unsaturated/α-hetero) is 1. The van der Waals surface area contributed by atoms with Crippen molar-refractivity contribution in [2.75, 3.05) is 13.2 Å². The number of hydrogen-bond acceptors (Lipinski definition) is 6. The van der Waals surface area contributed by atoms with E-state index in [1.54, 1.807) is 6.07 Å². The van der Waals surface area contributed by atoms with Crippen LogP contribution in [0.2, 0.25) is 0 Å². The second kappa shape index (κ2) is 7.30. The summed E-state index contributed by atoms with van der Waals surface area (Å²) in [6.07, 6.45) is -1.12. The highest BCUT2D eigenvalue weighted by Gasteiger charge is 2.32. The maximum atomic E-state index is 12.5. The monoisotopic (exact) mass is 362 g/mol. The third-order valence-electron chi connectivity index (χ3n) is 3.93. The minimum absolute atomic E-state index is 0.0432. The zero-order valence-electron chi connectivity index (χ0n) is 13.5. The number of nitrogens with one attached hydrogen (secondary N) is 2. The van der Waals surface area contributed by atoms with E-state index in [0.29, 0.717) is 4.88 Å². The summed E-state index contributed by atoms with van der Waals surface area (Å²) in [5, 5.41) is 15.9. The van der Waals surface area contributed by atoms with Crippen LogP contribution in [-0.4, -0.2) is 54.1 Å². The molecule has 0 saturated carbocycles. The second-order valence-corrected chi connectivity index (χ2v) is 6.97. The van der Waals surface area contributed by atoms with Gasteiger partial charge in [0.1, 0.15) is 18.7 Å². The Bertz CT molecular complexity index is 783. The number of aliphatic hydroxyl groups excluding tert-OH is 1. The molecule has 1 aliphatic rings. The molecule has 1 fully saturated rings. The number of benzene rings is 1. The SMILES string of the molecule is C[C@@H](O)[C@H](NC(=O)c1cc2ccccc2s1)C(=O)NC1COCC1=O. The van der Waals surface area contributed by atoms with Crippen molar-refractivity contribution >= 4 is 39.0 Å². The molecule has 0 radical (unpaired) electrons. The Morgan fingerprint density at radius 2 is 2.12 bits per heavy atom. The van der Waals surface area contributed by atoms with E-state index >= 15 is 0 Å². The first-order chi connectivity index (χ1) is 12.0. The zero-order chi connectivity index (χ0) is 18.0. The average Bonchev–Trinajstić information content (AvgIpc) is 3.18. The number of carbonyl (C=O) groups is 3. The Hall–Kier alpha value is -2.29. The first-order valence-corrected chi connectivity index (χ1v) is 8.65. The summed E-state index contributed by atoms with van der Waals surface area (Å²) < 4.78 is 5.94. The van der Waals surface area contributed by atoms with Crippen molar-refractivity contribution in [3.8, 4) is 0 Å². The number of fused-ring (bicyclic) bond motifs is 1. The molecule has 8 heteroatoms. The topological polar surface area (TPSA) is 105 Å². The van der Waals surface area contributed by atoms with Gasteiger partial charge in [-0.15, -0.1) is 11.3 Å². The molecule has 7 nitrogen and oxygen atoms in total. The van der Waals surface area contributed by atoms with Crippen LogP contribution in [0.5, 0.6) is 0 Å². The lowest BCUT2D eigenvalue weighted by Gasteiger charge is -2.22. The average molecular weight is 362 g/mol. The Morgan fingerprint density at radius 3 is 2.76 bits per heavy atom. The van der Waals surface area contributed by atoms with E-state index in [0.717, 1.165) is 10.1 Å². The van der Waals surface area contributed by atoms with Crippen LogP contribution in [0.4, 0.5) is 0 Å². The molecule has 3 atom stereocenters. The number of aliphatic hydroxyl groups is 1. The Labute approximate surface area is 148 Å². The highest BCUT2D eigenvalue weighted by molar-refractivity contribution is 7.20. The normalized spacial score (nSPS) is 19.6. The smallest absolute Gasteiger partial charge is 0.262 e. The van der Waals surface area contributed by atoms with Gasteiger partial charge in [0, 0.05) is 4.70 Å². The Morgan fingerprint density at radius 1 is 1.36 bits per heavy atom. The lowest BCUT2D eigenvalue weighted by molar-refractivity contribution is -0.129. The second-order valence-electron chi connectivity index (χ2n) is 5.88. The van der Waals surface area contributed by atoms with Crippen LogP contribution in [0.25, 0.3) is 10.1 Å². The molecular weight excluding hydrogens is 344 g/mol. The quantitative estimate of drug-likeness (QED) is 0.717. The van der Waals surface area contributed by atoms with Gasteiger partial charge in [-0.05, 0) is 24.4 Å². The first-order valence-electron chi connectivity index (χ1n) is 7.84. The predicted octanol–water partition coefficient (Wildman–Crippen LogP) is 0.465. The number of amides is 2. The van der Waals surface area contributed by atoms with E-state index < -0.39 is 30.0 Å². The fourth-order valence-corrected chi connectivity index (χ4v) is 3.53. The number of thiophene rings is 1. The molecule has 132 valence electrons. The summed E-state index contributed by atoms with van der Waals surface area (Å²) in [5.74, 6) is -1.29. The van der Waals surface area contributed by atoms with Crippen LogP contribution in [0.3, 0.4) is 0 Å². The molecule has 0 spiro atoms. The molecule has 0 aliphatic carbocycles. The molecule has 1 unspecified atom stereocenters. The summed E-state index contributed by atoms with van der Waals surface area (Å²) >= 11 is 1.30. The molecule has 0 bridgehead atoms. The number of carbonyl (C=O) groups excluding carboxylic acids is 3. The van der Waals surface area contributed by atoms with Gasteiger partial charge in [-0.25, -0.2) is 0 Å². The summed E-state index contributed by atoms with van der Waals surface area (Å²) in [4.78, 5) is 36.8. The summed E-state index contributed by atoms with van der Waals surface area (Å²) in [6, 6.07) is 7.40. The maximum absolute atomic E-state index is 12.5. The van der Waals surface area contributed by atoms with Crippen molar-refractivity contribution < 1.29 is 24.2 Å². The van der Waals surface area contributed by atoms with Gasteiger partial charge >= 0.3 is 0 Å². The van der Waals surface area contributed by atoms with Crippen LogP contribution in [0.15, 0.2) is 30.3 Å². The molecule has 2 heterocycles. The fraction of sp³-hybridized carbons (Fsp3) is 0.353. The number of rotatable bonds is 5. The van der Waals surface area contributed by atoms with Gasteiger partial charge in [0.25, 0.3) is 5.91 Å². The van der Waals surface area contributed by atoms with Crippen LogP contribution in [-0.2, 0) is 14.3 Å². The van der Waals surface area contributed by atoms with Gasteiger partial charge in [0.05, 0.1) is 17.6 Å². The van der Waals surface area contributed by atoms with Crippen LogP contribution in [0.1, 0.15) is 16.6 Å². The largest absolute Gasteiger partial charge is 0.391 e. The number of ketones is 1. The summed E-state index contributed by atoms with van der Waals surface area (Å²) in [5.41, 5.74) is 0. The standard InChI is InChI=1S/C17H18N2O5S/c1-9(20)15(17(23)18-11-7-24-8-12(11)21)19-16(22)14-6-10-4-2-3-5-13(10)25-14/h2-6,9,11,15,20H,7-8H2,1H3,(H,18,23)(H,19,22)/t9-,11?,15+/m1/s1. The van der Waals surface area contributed by atoms with Gasteiger partial charge < -0.3 is 20.5 Å². The van der Waals surface area contributed by atoms with Crippen molar-refractivity contribution in [3.63, 3.8) is 0 Å². The minimum Gasteiger partial charge on any atom is -0.391 e. The predicted molar refractivity (Wildman–Crippen MR) is 92.5 cm³/mol. The van der Waals surface area contributed by atoms with Gasteiger partial charge in [0.15, 0.2) is 5.78 Å². The van der Waals surface area contributed by atoms with Gasteiger partial charge in [0.2, 0.25) is 5.91 Å². The highest BCUT2D eigenvalue weighted by Crippen LogP contribution is 2.25. The van der Waals surface area contributed by atoms with Crippen molar-refractivity contribution in [3.05, 3.63) is 35.2 Å². The maximum Gasteiger partial charge on any atom is 0.262 e.